The molecule has 0 unspecified atom stereocenters. The Morgan fingerprint density at radius 1 is 1.19 bits per heavy atom. The lowest BCUT2D eigenvalue weighted by molar-refractivity contribution is -0.116. The van der Waals surface area contributed by atoms with Crippen LogP contribution in [0.1, 0.15) is 35.2 Å². The standard InChI is InChI=1S/C20H21FN2O3/c1-26-18-9-5-13(11-17(18)21)6-10-19(24)22-16-4-2-3-14(12-16)20(25)23-15-7-8-15/h2-5,9,11-12,15H,6-8,10H2,1H3,(H,22,24)(H,23,25). The quantitative estimate of drug-likeness (QED) is 0.800. The highest BCUT2D eigenvalue weighted by molar-refractivity contribution is 5.97. The minimum absolute atomic E-state index is 0.127. The van der Waals surface area contributed by atoms with E-state index in [0.29, 0.717) is 17.7 Å². The Balaban J connectivity index is 1.54. The Kier molecular flexibility index (Phi) is 5.51. The molecule has 2 N–H and O–H groups in total. The number of nitrogens with one attached hydrogen (secondary N) is 2. The molecule has 1 aliphatic rings. The number of anilines is 1. The van der Waals surface area contributed by atoms with Crippen LogP contribution in [-0.4, -0.2) is 25.0 Å². The van der Waals surface area contributed by atoms with Gasteiger partial charge >= 0.3 is 0 Å². The molecule has 1 aliphatic carbocycles. The summed E-state index contributed by atoms with van der Waals surface area (Å²) in [6.45, 7) is 0. The summed E-state index contributed by atoms with van der Waals surface area (Å²) in [7, 11) is 1.41. The number of methoxy groups -OCH3 is 1. The van der Waals surface area contributed by atoms with Crippen molar-refractivity contribution in [3.63, 3.8) is 0 Å². The lowest BCUT2D eigenvalue weighted by Crippen LogP contribution is -2.25. The summed E-state index contributed by atoms with van der Waals surface area (Å²) in [5.74, 6) is -0.586. The zero-order valence-corrected chi connectivity index (χ0v) is 14.5. The first kappa shape index (κ1) is 17.9. The van der Waals surface area contributed by atoms with Gasteiger partial charge in [0.25, 0.3) is 5.91 Å². The Labute approximate surface area is 151 Å². The smallest absolute Gasteiger partial charge is 0.251 e. The molecule has 26 heavy (non-hydrogen) atoms. The van der Waals surface area contributed by atoms with Crippen LogP contribution in [0.4, 0.5) is 10.1 Å². The van der Waals surface area contributed by atoms with Crippen molar-refractivity contribution in [3.05, 3.63) is 59.4 Å². The number of hydrogen-bond acceptors (Lipinski definition) is 3. The van der Waals surface area contributed by atoms with Crippen LogP contribution in [0.15, 0.2) is 42.5 Å². The number of halogens is 1. The van der Waals surface area contributed by atoms with E-state index in [2.05, 4.69) is 10.6 Å². The van der Waals surface area contributed by atoms with Gasteiger partial charge in [-0.1, -0.05) is 12.1 Å². The highest BCUT2D eigenvalue weighted by Crippen LogP contribution is 2.20. The Morgan fingerprint density at radius 2 is 2.00 bits per heavy atom. The maximum Gasteiger partial charge on any atom is 0.251 e. The first-order valence-electron chi connectivity index (χ1n) is 8.58. The first-order chi connectivity index (χ1) is 12.5. The van der Waals surface area contributed by atoms with Crippen LogP contribution in [0.5, 0.6) is 5.75 Å². The molecule has 2 aromatic rings. The predicted molar refractivity (Wildman–Crippen MR) is 96.8 cm³/mol. The van der Waals surface area contributed by atoms with Crippen LogP contribution in [-0.2, 0) is 11.2 Å². The van der Waals surface area contributed by atoms with E-state index < -0.39 is 5.82 Å². The topological polar surface area (TPSA) is 67.4 Å². The number of rotatable bonds is 7. The number of benzene rings is 2. The van der Waals surface area contributed by atoms with Crippen molar-refractivity contribution in [1.29, 1.82) is 0 Å². The summed E-state index contributed by atoms with van der Waals surface area (Å²) in [6, 6.07) is 11.8. The van der Waals surface area contributed by atoms with Gasteiger partial charge in [0, 0.05) is 23.7 Å². The lowest BCUT2D eigenvalue weighted by atomic mass is 10.1. The van der Waals surface area contributed by atoms with Crippen molar-refractivity contribution < 1.29 is 18.7 Å². The van der Waals surface area contributed by atoms with E-state index in [1.807, 2.05) is 0 Å². The van der Waals surface area contributed by atoms with Crippen LogP contribution in [0, 0.1) is 5.82 Å². The molecule has 0 aliphatic heterocycles. The minimum atomic E-state index is -0.445. The molecule has 6 heteroatoms. The van der Waals surface area contributed by atoms with Gasteiger partial charge < -0.3 is 15.4 Å². The van der Waals surface area contributed by atoms with Crippen LogP contribution in [0.2, 0.25) is 0 Å². The number of carbonyl (C=O) groups excluding carboxylic acids is 2. The van der Waals surface area contributed by atoms with Gasteiger partial charge in [-0.05, 0) is 55.2 Å². The fraction of sp³-hybridized carbons (Fsp3) is 0.300. The van der Waals surface area contributed by atoms with E-state index >= 15 is 0 Å². The molecular weight excluding hydrogens is 335 g/mol. The third kappa shape index (κ3) is 4.81. The number of ether oxygens (including phenoxy) is 1. The van der Waals surface area contributed by atoms with Gasteiger partial charge in [0.1, 0.15) is 0 Å². The van der Waals surface area contributed by atoms with Gasteiger partial charge in [0.15, 0.2) is 11.6 Å². The van der Waals surface area contributed by atoms with E-state index in [4.69, 9.17) is 4.74 Å². The fourth-order valence-electron chi connectivity index (χ4n) is 2.58. The number of carbonyl (C=O) groups is 2. The highest BCUT2D eigenvalue weighted by atomic mass is 19.1. The second-order valence-electron chi connectivity index (χ2n) is 6.35. The van der Waals surface area contributed by atoms with Gasteiger partial charge in [0.2, 0.25) is 5.91 Å². The second kappa shape index (κ2) is 7.99. The largest absolute Gasteiger partial charge is 0.494 e. The molecular formula is C20H21FN2O3. The van der Waals surface area contributed by atoms with E-state index in [1.54, 1.807) is 36.4 Å². The molecule has 0 bridgehead atoms. The maximum absolute atomic E-state index is 13.7. The number of aryl methyl sites for hydroxylation is 1. The van der Waals surface area contributed by atoms with E-state index in [9.17, 15) is 14.0 Å². The average molecular weight is 356 g/mol. The molecule has 0 atom stereocenters. The van der Waals surface area contributed by atoms with Gasteiger partial charge in [-0.2, -0.15) is 0 Å². The van der Waals surface area contributed by atoms with E-state index in [-0.39, 0.29) is 30.0 Å². The van der Waals surface area contributed by atoms with Gasteiger partial charge in [-0.25, -0.2) is 4.39 Å². The third-order valence-electron chi connectivity index (χ3n) is 4.18. The predicted octanol–water partition coefficient (Wildman–Crippen LogP) is 3.30. The van der Waals surface area contributed by atoms with Crippen molar-refractivity contribution in [2.75, 3.05) is 12.4 Å². The third-order valence-corrected chi connectivity index (χ3v) is 4.18. The van der Waals surface area contributed by atoms with Crippen LogP contribution in [0.3, 0.4) is 0 Å². The molecule has 5 nitrogen and oxygen atoms in total. The normalized spacial score (nSPS) is 13.2. The van der Waals surface area contributed by atoms with Crippen molar-refractivity contribution in [1.82, 2.24) is 5.32 Å². The highest BCUT2D eigenvalue weighted by Gasteiger charge is 2.23. The zero-order valence-electron chi connectivity index (χ0n) is 14.5. The molecule has 0 aromatic heterocycles. The first-order valence-corrected chi connectivity index (χ1v) is 8.58. The van der Waals surface area contributed by atoms with Crippen molar-refractivity contribution in [2.24, 2.45) is 0 Å². The second-order valence-corrected chi connectivity index (χ2v) is 6.35. The fourth-order valence-corrected chi connectivity index (χ4v) is 2.58. The monoisotopic (exact) mass is 356 g/mol. The van der Waals surface area contributed by atoms with Crippen molar-refractivity contribution >= 4 is 17.5 Å². The molecule has 1 fully saturated rings. The molecule has 136 valence electrons. The Hall–Kier alpha value is -2.89. The molecule has 2 amide bonds. The molecule has 1 saturated carbocycles. The molecule has 0 radical (unpaired) electrons. The summed E-state index contributed by atoms with van der Waals surface area (Å²) in [4.78, 5) is 24.2. The zero-order chi connectivity index (χ0) is 18.5. The summed E-state index contributed by atoms with van der Waals surface area (Å²) < 4.78 is 18.5. The van der Waals surface area contributed by atoms with Gasteiger partial charge in [-0.3, -0.25) is 9.59 Å². The minimum Gasteiger partial charge on any atom is -0.494 e. The summed E-state index contributed by atoms with van der Waals surface area (Å²) in [6.07, 6.45) is 2.67. The van der Waals surface area contributed by atoms with E-state index in [1.165, 1.54) is 13.2 Å². The van der Waals surface area contributed by atoms with Crippen LogP contribution < -0.4 is 15.4 Å². The van der Waals surface area contributed by atoms with Crippen LogP contribution >= 0.6 is 0 Å². The van der Waals surface area contributed by atoms with Crippen molar-refractivity contribution in [3.8, 4) is 5.75 Å². The number of hydrogen-bond donors (Lipinski definition) is 2. The van der Waals surface area contributed by atoms with Gasteiger partial charge in [-0.15, -0.1) is 0 Å². The molecule has 0 heterocycles. The molecule has 2 aromatic carbocycles. The van der Waals surface area contributed by atoms with E-state index in [0.717, 1.165) is 18.4 Å². The van der Waals surface area contributed by atoms with Gasteiger partial charge in [0.05, 0.1) is 7.11 Å². The molecule has 0 saturated heterocycles. The van der Waals surface area contributed by atoms with Crippen molar-refractivity contribution in [2.45, 2.75) is 31.7 Å². The van der Waals surface area contributed by atoms with Crippen LogP contribution in [0.25, 0.3) is 0 Å². The number of amides is 2. The summed E-state index contributed by atoms with van der Waals surface area (Å²) in [5, 5.41) is 5.69. The summed E-state index contributed by atoms with van der Waals surface area (Å²) in [5.41, 5.74) is 1.81. The molecule has 3 rings (SSSR count). The maximum atomic E-state index is 13.7. The molecule has 0 spiro atoms. The lowest BCUT2D eigenvalue weighted by Gasteiger charge is -2.09. The average Bonchev–Trinajstić information content (AvgIpc) is 3.44. The summed E-state index contributed by atoms with van der Waals surface area (Å²) >= 11 is 0. The Bertz CT molecular complexity index is 818. The Morgan fingerprint density at radius 3 is 2.69 bits per heavy atom. The SMILES string of the molecule is COc1ccc(CCC(=O)Nc2cccc(C(=O)NC3CC3)c2)cc1F.